The van der Waals surface area contributed by atoms with Crippen LogP contribution in [0.15, 0.2) is 66.9 Å². The van der Waals surface area contributed by atoms with Crippen molar-refractivity contribution in [2.45, 2.75) is 12.8 Å². The minimum absolute atomic E-state index is 0.247. The van der Waals surface area contributed by atoms with Crippen LogP contribution in [0.25, 0.3) is 5.69 Å². The first-order valence-electron chi connectivity index (χ1n) is 8.79. The molecule has 28 heavy (non-hydrogen) atoms. The van der Waals surface area contributed by atoms with E-state index in [-0.39, 0.29) is 12.3 Å². The predicted molar refractivity (Wildman–Crippen MR) is 108 cm³/mol. The van der Waals surface area contributed by atoms with Gasteiger partial charge in [-0.25, -0.2) is 4.68 Å². The van der Waals surface area contributed by atoms with Crippen LogP contribution in [0.3, 0.4) is 0 Å². The normalized spacial score (nSPS) is 11.8. The van der Waals surface area contributed by atoms with Gasteiger partial charge in [0.15, 0.2) is 5.82 Å². The fourth-order valence-corrected chi connectivity index (χ4v) is 3.23. The molecule has 3 rings (SSSR count). The maximum Gasteiger partial charge on any atom is 0.304 e. The van der Waals surface area contributed by atoms with E-state index in [0.717, 1.165) is 5.56 Å². The van der Waals surface area contributed by atoms with Gasteiger partial charge in [0.25, 0.3) is 0 Å². The summed E-state index contributed by atoms with van der Waals surface area (Å²) in [5, 5.41) is 14.2. The highest BCUT2D eigenvalue weighted by molar-refractivity contribution is 6.32. The van der Waals surface area contributed by atoms with Crippen molar-refractivity contribution in [2.24, 2.45) is 5.92 Å². The van der Waals surface area contributed by atoms with E-state index >= 15 is 0 Å². The summed E-state index contributed by atoms with van der Waals surface area (Å²) in [4.78, 5) is 25.7. The number of carboxylic acid groups (broad SMARTS) is 1. The number of carboxylic acids is 1. The maximum atomic E-state index is 13.0. The molecule has 0 aliphatic rings. The van der Waals surface area contributed by atoms with Gasteiger partial charge in [-0.15, -0.1) is 5.10 Å². The van der Waals surface area contributed by atoms with Gasteiger partial charge in [-0.3, -0.25) is 14.5 Å². The highest BCUT2D eigenvalue weighted by Crippen LogP contribution is 2.23. The monoisotopic (exact) mass is 397 g/mol. The second kappa shape index (κ2) is 8.71. The summed E-state index contributed by atoms with van der Waals surface area (Å²) in [7, 11) is 1.60. The molecule has 2 aromatic carbocycles. The molecule has 1 atom stereocenters. The third kappa shape index (κ3) is 4.58. The lowest BCUT2D eigenvalue weighted by molar-refractivity contribution is -0.140. The van der Waals surface area contributed by atoms with E-state index in [2.05, 4.69) is 5.10 Å². The van der Waals surface area contributed by atoms with Crippen molar-refractivity contribution in [2.75, 3.05) is 11.9 Å². The largest absolute Gasteiger partial charge is 0.481 e. The topological polar surface area (TPSA) is 75.4 Å². The van der Waals surface area contributed by atoms with E-state index in [4.69, 9.17) is 11.6 Å². The summed E-state index contributed by atoms with van der Waals surface area (Å²) >= 11 is 6.20. The first-order chi connectivity index (χ1) is 13.5. The van der Waals surface area contributed by atoms with Crippen LogP contribution in [0, 0.1) is 5.92 Å². The van der Waals surface area contributed by atoms with Gasteiger partial charge in [-0.1, -0.05) is 54.1 Å². The predicted octanol–water partition coefficient (Wildman–Crippen LogP) is 3.82. The number of rotatable bonds is 7. The number of benzene rings is 2. The van der Waals surface area contributed by atoms with E-state index in [1.807, 2.05) is 48.5 Å². The zero-order chi connectivity index (χ0) is 20.1. The molecule has 6 nitrogen and oxygen atoms in total. The third-order valence-corrected chi connectivity index (χ3v) is 4.76. The van der Waals surface area contributed by atoms with E-state index in [0.29, 0.717) is 22.9 Å². The van der Waals surface area contributed by atoms with Crippen LogP contribution in [0.5, 0.6) is 0 Å². The van der Waals surface area contributed by atoms with Crippen molar-refractivity contribution >= 4 is 29.3 Å². The molecular weight excluding hydrogens is 378 g/mol. The fourth-order valence-electron chi connectivity index (χ4n) is 3.01. The number of para-hydroxylation sites is 1. The first-order valence-corrected chi connectivity index (χ1v) is 9.17. The molecule has 1 amide bonds. The van der Waals surface area contributed by atoms with Gasteiger partial charge in [0, 0.05) is 19.3 Å². The smallest absolute Gasteiger partial charge is 0.304 e. The van der Waals surface area contributed by atoms with E-state index < -0.39 is 11.9 Å². The molecule has 0 saturated carbocycles. The number of carbonyl (C=O) groups is 2. The van der Waals surface area contributed by atoms with Gasteiger partial charge in [0.1, 0.15) is 0 Å². The lowest BCUT2D eigenvalue weighted by Crippen LogP contribution is -2.35. The molecule has 144 valence electrons. The summed E-state index contributed by atoms with van der Waals surface area (Å²) < 4.78 is 1.59. The van der Waals surface area contributed by atoms with Gasteiger partial charge in [0.05, 0.1) is 23.0 Å². The number of anilines is 1. The number of halogens is 1. The van der Waals surface area contributed by atoms with E-state index in [9.17, 15) is 14.7 Å². The molecule has 1 heterocycles. The van der Waals surface area contributed by atoms with Crippen molar-refractivity contribution in [3.05, 3.63) is 77.4 Å². The lowest BCUT2D eigenvalue weighted by Gasteiger charge is -2.21. The Kier molecular flexibility index (Phi) is 6.11. The average Bonchev–Trinajstić information content (AvgIpc) is 3.17. The summed E-state index contributed by atoms with van der Waals surface area (Å²) in [6.07, 6.45) is 1.81. The lowest BCUT2D eigenvalue weighted by atomic mass is 9.95. The molecule has 0 saturated heterocycles. The number of carbonyl (C=O) groups excluding carboxylic acids is 1. The minimum Gasteiger partial charge on any atom is -0.481 e. The molecule has 7 heteroatoms. The van der Waals surface area contributed by atoms with E-state index in [1.54, 1.807) is 30.1 Å². The molecule has 0 bridgehead atoms. The quantitative estimate of drug-likeness (QED) is 0.657. The summed E-state index contributed by atoms with van der Waals surface area (Å²) in [6, 6.07) is 18.3. The highest BCUT2D eigenvalue weighted by atomic mass is 35.5. The molecule has 1 N–H and O–H groups in total. The first kappa shape index (κ1) is 19.6. The van der Waals surface area contributed by atoms with Gasteiger partial charge in [-0.05, 0) is 24.1 Å². The zero-order valence-electron chi connectivity index (χ0n) is 15.3. The Morgan fingerprint density at radius 3 is 2.46 bits per heavy atom. The third-order valence-electron chi connectivity index (χ3n) is 4.44. The van der Waals surface area contributed by atoms with Gasteiger partial charge in [-0.2, -0.15) is 0 Å². The van der Waals surface area contributed by atoms with Crippen LogP contribution in [0.2, 0.25) is 5.02 Å². The fraction of sp³-hybridized carbons (Fsp3) is 0.190. The summed E-state index contributed by atoms with van der Waals surface area (Å²) in [5.41, 5.74) is 1.61. The molecular formula is C21H20ClN3O3. The number of aromatic nitrogens is 2. The number of nitrogens with zero attached hydrogens (tertiary/aromatic N) is 3. The van der Waals surface area contributed by atoms with Crippen molar-refractivity contribution in [3.8, 4) is 5.69 Å². The Hall–Kier alpha value is -3.12. The molecule has 0 spiro atoms. The van der Waals surface area contributed by atoms with Crippen LogP contribution < -0.4 is 4.90 Å². The highest BCUT2D eigenvalue weighted by Gasteiger charge is 2.27. The molecule has 0 aliphatic carbocycles. The van der Waals surface area contributed by atoms with Crippen molar-refractivity contribution in [1.29, 1.82) is 0 Å². The van der Waals surface area contributed by atoms with Crippen LogP contribution in [0.4, 0.5) is 5.82 Å². The van der Waals surface area contributed by atoms with Gasteiger partial charge < -0.3 is 5.11 Å². The second-order valence-electron chi connectivity index (χ2n) is 6.45. The summed E-state index contributed by atoms with van der Waals surface area (Å²) in [5.74, 6) is -1.57. The SMILES string of the molecule is CN(C(=O)C(CC(=O)O)Cc1ccccc1)c1ccn(-c2ccccc2Cl)n1. The Labute approximate surface area is 168 Å². The van der Waals surface area contributed by atoms with Crippen LogP contribution in [-0.2, 0) is 16.0 Å². The van der Waals surface area contributed by atoms with Crippen molar-refractivity contribution in [3.63, 3.8) is 0 Å². The van der Waals surface area contributed by atoms with Gasteiger partial charge in [0.2, 0.25) is 5.91 Å². The molecule has 3 aromatic rings. The molecule has 0 aliphatic heterocycles. The van der Waals surface area contributed by atoms with E-state index in [1.165, 1.54) is 4.90 Å². The molecule has 1 aromatic heterocycles. The second-order valence-corrected chi connectivity index (χ2v) is 6.86. The number of aliphatic carboxylic acids is 1. The molecule has 0 radical (unpaired) electrons. The number of hydrogen-bond donors (Lipinski definition) is 1. The van der Waals surface area contributed by atoms with Crippen molar-refractivity contribution < 1.29 is 14.7 Å². The standard InChI is InChI=1S/C21H20ClN3O3/c1-24(19-11-12-25(23-19)18-10-6-5-9-17(18)22)21(28)16(14-20(26)27)13-15-7-3-2-4-8-15/h2-12,16H,13-14H2,1H3,(H,26,27). The van der Waals surface area contributed by atoms with Gasteiger partial charge >= 0.3 is 5.97 Å². The molecule has 0 fully saturated rings. The minimum atomic E-state index is -1.01. The summed E-state index contributed by atoms with van der Waals surface area (Å²) in [6.45, 7) is 0. The average molecular weight is 398 g/mol. The van der Waals surface area contributed by atoms with Crippen LogP contribution in [0.1, 0.15) is 12.0 Å². The number of hydrogen-bond acceptors (Lipinski definition) is 3. The number of amides is 1. The Bertz CT molecular complexity index is 972. The Balaban J connectivity index is 1.81. The Morgan fingerprint density at radius 1 is 1.11 bits per heavy atom. The maximum absolute atomic E-state index is 13.0. The molecule has 1 unspecified atom stereocenters. The Morgan fingerprint density at radius 2 is 1.79 bits per heavy atom. The van der Waals surface area contributed by atoms with Crippen LogP contribution in [-0.4, -0.2) is 33.8 Å². The zero-order valence-corrected chi connectivity index (χ0v) is 16.1. The van der Waals surface area contributed by atoms with Crippen molar-refractivity contribution in [1.82, 2.24) is 9.78 Å². The van der Waals surface area contributed by atoms with Crippen LogP contribution >= 0.6 is 11.6 Å².